The number of nitrogen functional groups attached to an aromatic ring is 1. The first-order valence-corrected chi connectivity index (χ1v) is 4.48. The van der Waals surface area contributed by atoms with E-state index < -0.39 is 11.6 Å². The summed E-state index contributed by atoms with van der Waals surface area (Å²) in [4.78, 5) is 0. The van der Waals surface area contributed by atoms with Gasteiger partial charge in [0.1, 0.15) is 11.5 Å². The molecule has 0 saturated carbocycles. The van der Waals surface area contributed by atoms with Crippen LogP contribution >= 0.6 is 0 Å². The highest BCUT2D eigenvalue weighted by Crippen LogP contribution is 2.27. The Bertz CT molecular complexity index is 525. The van der Waals surface area contributed by atoms with E-state index in [-0.39, 0.29) is 17.3 Å². The van der Waals surface area contributed by atoms with Crippen molar-refractivity contribution in [2.24, 2.45) is 7.05 Å². The van der Waals surface area contributed by atoms with Crippen LogP contribution in [0.1, 0.15) is 0 Å². The van der Waals surface area contributed by atoms with Crippen molar-refractivity contribution in [2.75, 3.05) is 5.73 Å². The number of nitrogens with two attached hydrogens (primary N) is 1. The van der Waals surface area contributed by atoms with Gasteiger partial charge >= 0.3 is 0 Å². The average molecular weight is 225 g/mol. The third-order valence-corrected chi connectivity index (χ3v) is 1.92. The Morgan fingerprint density at radius 1 is 1.38 bits per heavy atom. The van der Waals surface area contributed by atoms with Gasteiger partial charge in [0.25, 0.3) is 5.88 Å². The first kappa shape index (κ1) is 10.4. The number of ether oxygens (including phenoxy) is 1. The van der Waals surface area contributed by atoms with Gasteiger partial charge in [0.15, 0.2) is 11.6 Å². The minimum absolute atomic E-state index is 0.0481. The zero-order valence-electron chi connectivity index (χ0n) is 8.45. The number of anilines is 1. The Hall–Kier alpha value is -2.11. The van der Waals surface area contributed by atoms with Crippen LogP contribution in [0.25, 0.3) is 0 Å². The lowest BCUT2D eigenvalue weighted by molar-refractivity contribution is 0.418. The van der Waals surface area contributed by atoms with Crippen molar-refractivity contribution in [3.63, 3.8) is 0 Å². The smallest absolute Gasteiger partial charge is 0.261 e. The molecule has 2 aromatic rings. The van der Waals surface area contributed by atoms with Gasteiger partial charge in [-0.2, -0.15) is 0 Å². The molecule has 2 N–H and O–H groups in total. The topological polar surface area (TPSA) is 53.1 Å². The molecule has 4 nitrogen and oxygen atoms in total. The van der Waals surface area contributed by atoms with E-state index in [0.717, 1.165) is 18.2 Å². The fraction of sp³-hybridized carbons (Fsp3) is 0.100. The minimum Gasteiger partial charge on any atom is -0.433 e. The monoisotopic (exact) mass is 225 g/mol. The maximum Gasteiger partial charge on any atom is 0.261 e. The maximum absolute atomic E-state index is 13.2. The van der Waals surface area contributed by atoms with Crippen LogP contribution in [0.15, 0.2) is 24.4 Å². The van der Waals surface area contributed by atoms with Gasteiger partial charge in [-0.3, -0.25) is 4.68 Å². The Kier molecular flexibility index (Phi) is 2.47. The van der Waals surface area contributed by atoms with Crippen molar-refractivity contribution >= 4 is 5.69 Å². The number of halogens is 2. The molecule has 1 heterocycles. The predicted octanol–water partition coefficient (Wildman–Crippen LogP) is 2.07. The van der Waals surface area contributed by atoms with Crippen LogP contribution in [-0.2, 0) is 7.05 Å². The summed E-state index contributed by atoms with van der Waals surface area (Å²) < 4.78 is 32.6. The average Bonchev–Trinajstić information content (AvgIpc) is 2.51. The van der Waals surface area contributed by atoms with E-state index in [9.17, 15) is 8.78 Å². The van der Waals surface area contributed by atoms with Crippen LogP contribution in [0.5, 0.6) is 11.6 Å². The molecule has 1 aromatic heterocycles. The highest BCUT2D eigenvalue weighted by Gasteiger charge is 2.11. The SMILES string of the molecule is Cn1cc(N)c(Oc2cc(F)ccc2F)n1. The predicted molar refractivity (Wildman–Crippen MR) is 54.1 cm³/mol. The summed E-state index contributed by atoms with van der Waals surface area (Å²) in [5, 5.41) is 3.86. The van der Waals surface area contributed by atoms with Crippen molar-refractivity contribution in [1.82, 2.24) is 9.78 Å². The number of aromatic nitrogens is 2. The third-order valence-electron chi connectivity index (χ3n) is 1.92. The standard InChI is InChI=1S/C10H9F2N3O/c1-15-5-8(13)10(14-15)16-9-4-6(11)2-3-7(9)12/h2-5H,13H2,1H3. The van der Waals surface area contributed by atoms with Crippen molar-refractivity contribution < 1.29 is 13.5 Å². The molecule has 0 aliphatic carbocycles. The fourth-order valence-corrected chi connectivity index (χ4v) is 1.23. The van der Waals surface area contributed by atoms with Crippen molar-refractivity contribution in [2.45, 2.75) is 0 Å². The van der Waals surface area contributed by atoms with Gasteiger partial charge in [-0.15, -0.1) is 5.10 Å². The van der Waals surface area contributed by atoms with Gasteiger partial charge in [-0.25, -0.2) is 8.78 Å². The van der Waals surface area contributed by atoms with Crippen LogP contribution in [0.3, 0.4) is 0 Å². The Labute approximate surface area is 90.2 Å². The second kappa shape index (κ2) is 3.80. The summed E-state index contributed by atoms with van der Waals surface area (Å²) in [5.41, 5.74) is 5.81. The number of nitrogens with zero attached hydrogens (tertiary/aromatic N) is 2. The summed E-state index contributed by atoms with van der Waals surface area (Å²) in [5.74, 6) is -1.46. The second-order valence-corrected chi connectivity index (χ2v) is 3.24. The zero-order valence-corrected chi connectivity index (χ0v) is 8.45. The highest BCUT2D eigenvalue weighted by molar-refractivity contribution is 5.48. The van der Waals surface area contributed by atoms with E-state index >= 15 is 0 Å². The van der Waals surface area contributed by atoms with E-state index in [4.69, 9.17) is 10.5 Å². The number of aryl methyl sites for hydroxylation is 1. The maximum atomic E-state index is 13.2. The van der Waals surface area contributed by atoms with Crippen LogP contribution < -0.4 is 10.5 Å². The Balaban J connectivity index is 2.33. The molecule has 0 bridgehead atoms. The summed E-state index contributed by atoms with van der Waals surface area (Å²) in [6, 6.07) is 2.91. The summed E-state index contributed by atoms with van der Waals surface area (Å²) >= 11 is 0. The van der Waals surface area contributed by atoms with Gasteiger partial charge < -0.3 is 10.5 Å². The Morgan fingerprint density at radius 2 is 2.12 bits per heavy atom. The molecule has 2 rings (SSSR count). The summed E-state index contributed by atoms with van der Waals surface area (Å²) in [6.45, 7) is 0. The van der Waals surface area contributed by atoms with Gasteiger partial charge in [-0.1, -0.05) is 0 Å². The lowest BCUT2D eigenvalue weighted by Crippen LogP contribution is -1.94. The molecule has 84 valence electrons. The van der Waals surface area contributed by atoms with Crippen LogP contribution in [0.4, 0.5) is 14.5 Å². The molecular weight excluding hydrogens is 216 g/mol. The lowest BCUT2D eigenvalue weighted by atomic mass is 10.3. The largest absolute Gasteiger partial charge is 0.433 e. The number of rotatable bonds is 2. The molecular formula is C10H9F2N3O. The molecule has 0 atom stereocenters. The second-order valence-electron chi connectivity index (χ2n) is 3.24. The minimum atomic E-state index is -0.675. The van der Waals surface area contributed by atoms with Crippen molar-refractivity contribution in [3.05, 3.63) is 36.0 Å². The number of hydrogen-bond donors (Lipinski definition) is 1. The molecule has 0 radical (unpaired) electrons. The molecule has 1 aromatic carbocycles. The summed E-state index contributed by atoms with van der Waals surface area (Å²) in [7, 11) is 1.64. The summed E-state index contributed by atoms with van der Waals surface area (Å²) in [6.07, 6.45) is 1.51. The third kappa shape index (κ3) is 1.95. The fourth-order valence-electron chi connectivity index (χ4n) is 1.23. The first-order chi connectivity index (χ1) is 7.56. The van der Waals surface area contributed by atoms with Gasteiger partial charge in [0.05, 0.1) is 6.20 Å². The van der Waals surface area contributed by atoms with Crippen LogP contribution in [-0.4, -0.2) is 9.78 Å². The van der Waals surface area contributed by atoms with Crippen LogP contribution in [0, 0.1) is 11.6 Å². The van der Waals surface area contributed by atoms with E-state index in [2.05, 4.69) is 5.10 Å². The van der Waals surface area contributed by atoms with E-state index in [1.807, 2.05) is 0 Å². The number of benzene rings is 1. The highest BCUT2D eigenvalue weighted by atomic mass is 19.1. The molecule has 0 spiro atoms. The van der Waals surface area contributed by atoms with E-state index in [1.54, 1.807) is 7.05 Å². The molecule has 0 aliphatic rings. The quantitative estimate of drug-likeness (QED) is 0.851. The molecule has 0 amide bonds. The van der Waals surface area contributed by atoms with Crippen molar-refractivity contribution in [3.8, 4) is 11.6 Å². The normalized spacial score (nSPS) is 10.4. The lowest BCUT2D eigenvalue weighted by Gasteiger charge is -2.04. The molecule has 0 aliphatic heterocycles. The van der Waals surface area contributed by atoms with E-state index in [0.29, 0.717) is 0 Å². The zero-order chi connectivity index (χ0) is 11.7. The Morgan fingerprint density at radius 3 is 2.75 bits per heavy atom. The molecule has 6 heteroatoms. The van der Waals surface area contributed by atoms with Gasteiger partial charge in [-0.05, 0) is 12.1 Å². The molecule has 0 fully saturated rings. The van der Waals surface area contributed by atoms with Crippen molar-refractivity contribution in [1.29, 1.82) is 0 Å². The molecule has 16 heavy (non-hydrogen) atoms. The van der Waals surface area contributed by atoms with Gasteiger partial charge in [0.2, 0.25) is 0 Å². The van der Waals surface area contributed by atoms with Crippen LogP contribution in [0.2, 0.25) is 0 Å². The molecule has 0 unspecified atom stereocenters. The van der Waals surface area contributed by atoms with Gasteiger partial charge in [0, 0.05) is 13.1 Å². The first-order valence-electron chi connectivity index (χ1n) is 4.48. The molecule has 0 saturated heterocycles. The van der Waals surface area contributed by atoms with E-state index in [1.165, 1.54) is 10.9 Å². The number of hydrogen-bond acceptors (Lipinski definition) is 3.